The van der Waals surface area contributed by atoms with E-state index in [1.54, 1.807) is 31.2 Å². The SMILES string of the molecule is CCCCCCCCOc1ccc(NC(=O)N(C(=O)O)C(C)CCC(=O)OC)cc1. The van der Waals surface area contributed by atoms with Crippen molar-refractivity contribution < 1.29 is 29.0 Å². The van der Waals surface area contributed by atoms with Gasteiger partial charge in [-0.05, 0) is 44.0 Å². The molecule has 2 N–H and O–H groups in total. The van der Waals surface area contributed by atoms with E-state index in [2.05, 4.69) is 17.0 Å². The predicted octanol–water partition coefficient (Wildman–Crippen LogP) is 5.28. The van der Waals surface area contributed by atoms with Crippen molar-refractivity contribution in [2.24, 2.45) is 0 Å². The van der Waals surface area contributed by atoms with Crippen LogP contribution >= 0.6 is 0 Å². The Balaban J connectivity index is 2.49. The Bertz CT molecular complexity index is 662. The number of nitrogens with zero attached hydrogens (tertiary/aromatic N) is 1. The third-order valence-electron chi connectivity index (χ3n) is 4.73. The smallest absolute Gasteiger partial charge is 0.415 e. The van der Waals surface area contributed by atoms with Gasteiger partial charge < -0.3 is 19.9 Å². The van der Waals surface area contributed by atoms with Crippen LogP contribution in [-0.2, 0) is 9.53 Å². The van der Waals surface area contributed by atoms with Crippen LogP contribution in [0.1, 0.15) is 65.2 Å². The minimum atomic E-state index is -1.39. The van der Waals surface area contributed by atoms with Crippen molar-refractivity contribution in [3.8, 4) is 5.75 Å². The molecule has 1 unspecified atom stereocenters. The van der Waals surface area contributed by atoms with Crippen molar-refractivity contribution in [2.45, 2.75) is 71.3 Å². The molecule has 0 aromatic heterocycles. The van der Waals surface area contributed by atoms with Gasteiger partial charge in [-0.15, -0.1) is 0 Å². The number of amides is 3. The average Bonchev–Trinajstić information content (AvgIpc) is 2.72. The number of nitrogens with one attached hydrogen (secondary N) is 1. The molecule has 0 fully saturated rings. The lowest BCUT2D eigenvalue weighted by Crippen LogP contribution is -2.45. The van der Waals surface area contributed by atoms with Gasteiger partial charge in [-0.1, -0.05) is 39.0 Å². The summed E-state index contributed by atoms with van der Waals surface area (Å²) in [7, 11) is 1.26. The van der Waals surface area contributed by atoms with Crippen LogP contribution < -0.4 is 10.1 Å². The van der Waals surface area contributed by atoms with Gasteiger partial charge in [-0.25, -0.2) is 14.5 Å². The lowest BCUT2D eigenvalue weighted by molar-refractivity contribution is -0.140. The van der Waals surface area contributed by atoms with Gasteiger partial charge in [0.2, 0.25) is 0 Å². The lowest BCUT2D eigenvalue weighted by Gasteiger charge is -2.24. The van der Waals surface area contributed by atoms with Crippen LogP contribution in [0, 0.1) is 0 Å². The molecule has 0 saturated heterocycles. The van der Waals surface area contributed by atoms with Crippen LogP contribution in [0.15, 0.2) is 24.3 Å². The number of imide groups is 1. The standard InChI is InChI=1S/C22H34N2O6/c1-4-5-6-7-8-9-16-30-19-13-11-18(12-14-19)23-21(26)24(22(27)28)17(2)10-15-20(25)29-3/h11-14,17H,4-10,15-16H2,1-3H3,(H,23,26)(H,27,28). The molecule has 168 valence electrons. The molecule has 1 aromatic carbocycles. The number of rotatable bonds is 13. The van der Waals surface area contributed by atoms with Crippen LogP contribution in [0.3, 0.4) is 0 Å². The first kappa shape index (κ1) is 25.3. The molecule has 30 heavy (non-hydrogen) atoms. The molecule has 8 nitrogen and oxygen atoms in total. The third kappa shape index (κ3) is 9.62. The van der Waals surface area contributed by atoms with Crippen molar-refractivity contribution in [3.63, 3.8) is 0 Å². The van der Waals surface area contributed by atoms with E-state index >= 15 is 0 Å². The Morgan fingerprint density at radius 3 is 2.30 bits per heavy atom. The van der Waals surface area contributed by atoms with E-state index in [1.165, 1.54) is 32.8 Å². The van der Waals surface area contributed by atoms with E-state index < -0.39 is 24.1 Å². The number of hydrogen-bond acceptors (Lipinski definition) is 5. The molecule has 1 rings (SSSR count). The summed E-state index contributed by atoms with van der Waals surface area (Å²) < 4.78 is 10.2. The second-order valence-corrected chi connectivity index (χ2v) is 7.19. The fourth-order valence-corrected chi connectivity index (χ4v) is 2.92. The zero-order valence-corrected chi connectivity index (χ0v) is 18.2. The number of anilines is 1. The Hall–Kier alpha value is -2.77. The third-order valence-corrected chi connectivity index (χ3v) is 4.73. The number of ether oxygens (including phenoxy) is 2. The fraction of sp³-hybridized carbons (Fsp3) is 0.591. The van der Waals surface area contributed by atoms with Crippen molar-refractivity contribution in [1.29, 1.82) is 0 Å². The number of carboxylic acid groups (broad SMARTS) is 1. The van der Waals surface area contributed by atoms with Gasteiger partial charge in [0.15, 0.2) is 0 Å². The molecule has 0 saturated carbocycles. The number of esters is 1. The molecule has 0 aliphatic carbocycles. The zero-order chi connectivity index (χ0) is 22.4. The van der Waals surface area contributed by atoms with Gasteiger partial charge in [-0.2, -0.15) is 0 Å². The summed E-state index contributed by atoms with van der Waals surface area (Å²) in [6, 6.07) is 5.33. The predicted molar refractivity (Wildman–Crippen MR) is 115 cm³/mol. The Kier molecular flexibility index (Phi) is 12.0. The van der Waals surface area contributed by atoms with Crippen LogP contribution in [0.2, 0.25) is 0 Å². The van der Waals surface area contributed by atoms with Crippen LogP contribution in [0.25, 0.3) is 0 Å². The largest absolute Gasteiger partial charge is 0.494 e. The van der Waals surface area contributed by atoms with Crippen molar-refractivity contribution >= 4 is 23.8 Å². The molecular formula is C22H34N2O6. The van der Waals surface area contributed by atoms with Crippen LogP contribution in [-0.4, -0.2) is 47.9 Å². The molecule has 0 aliphatic rings. The summed E-state index contributed by atoms with van der Waals surface area (Å²) in [5.74, 6) is 0.243. The fourth-order valence-electron chi connectivity index (χ4n) is 2.92. The topological polar surface area (TPSA) is 105 Å². The van der Waals surface area contributed by atoms with Gasteiger partial charge in [0.25, 0.3) is 0 Å². The molecule has 0 spiro atoms. The van der Waals surface area contributed by atoms with Crippen molar-refractivity contribution in [2.75, 3.05) is 19.0 Å². The first-order valence-corrected chi connectivity index (χ1v) is 10.5. The molecular weight excluding hydrogens is 388 g/mol. The second kappa shape index (κ2) is 14.3. The molecule has 1 atom stereocenters. The van der Waals surface area contributed by atoms with E-state index in [0.29, 0.717) is 22.9 Å². The van der Waals surface area contributed by atoms with E-state index in [0.717, 1.165) is 12.8 Å². The maximum Gasteiger partial charge on any atom is 0.415 e. The number of benzene rings is 1. The minimum absolute atomic E-state index is 0.0271. The summed E-state index contributed by atoms with van der Waals surface area (Å²) in [5.41, 5.74) is 0.457. The van der Waals surface area contributed by atoms with Crippen LogP contribution in [0.4, 0.5) is 15.3 Å². The van der Waals surface area contributed by atoms with Gasteiger partial charge in [0.05, 0.1) is 13.7 Å². The Labute approximate surface area is 178 Å². The minimum Gasteiger partial charge on any atom is -0.494 e. The first-order valence-electron chi connectivity index (χ1n) is 10.5. The van der Waals surface area contributed by atoms with Gasteiger partial charge in [0.1, 0.15) is 5.75 Å². The highest BCUT2D eigenvalue weighted by molar-refractivity contribution is 5.98. The van der Waals surface area contributed by atoms with E-state index in [9.17, 15) is 19.5 Å². The molecule has 0 heterocycles. The second-order valence-electron chi connectivity index (χ2n) is 7.19. The summed E-state index contributed by atoms with van der Waals surface area (Å²) in [5, 5.41) is 11.9. The number of urea groups is 1. The maximum atomic E-state index is 12.4. The molecule has 0 aliphatic heterocycles. The van der Waals surface area contributed by atoms with Crippen molar-refractivity contribution in [1.82, 2.24) is 4.90 Å². The molecule has 0 bridgehead atoms. The molecule has 0 radical (unpaired) electrons. The number of carbonyl (C=O) groups excluding carboxylic acids is 2. The van der Waals surface area contributed by atoms with Gasteiger partial charge in [-0.3, -0.25) is 4.79 Å². The van der Waals surface area contributed by atoms with Crippen LogP contribution in [0.5, 0.6) is 5.75 Å². The Morgan fingerprint density at radius 1 is 1.07 bits per heavy atom. The molecule has 1 aromatic rings. The molecule has 3 amide bonds. The number of hydrogen-bond donors (Lipinski definition) is 2. The summed E-state index contributed by atoms with van der Waals surface area (Å²) in [4.78, 5) is 35.8. The van der Waals surface area contributed by atoms with E-state index in [4.69, 9.17) is 4.74 Å². The zero-order valence-electron chi connectivity index (χ0n) is 18.2. The lowest BCUT2D eigenvalue weighted by atomic mass is 10.1. The number of unbranched alkanes of at least 4 members (excludes halogenated alkanes) is 5. The normalized spacial score (nSPS) is 11.4. The van der Waals surface area contributed by atoms with Crippen molar-refractivity contribution in [3.05, 3.63) is 24.3 Å². The number of carbonyl (C=O) groups is 3. The monoisotopic (exact) mass is 422 g/mol. The van der Waals surface area contributed by atoms with Gasteiger partial charge >= 0.3 is 18.1 Å². The first-order chi connectivity index (χ1) is 14.4. The quantitative estimate of drug-likeness (QED) is 0.331. The summed E-state index contributed by atoms with van der Waals surface area (Å²) in [6.07, 6.45) is 5.96. The molecule has 8 heteroatoms. The summed E-state index contributed by atoms with van der Waals surface area (Å²) >= 11 is 0. The van der Waals surface area contributed by atoms with Gasteiger partial charge in [0, 0.05) is 18.2 Å². The highest BCUT2D eigenvalue weighted by Gasteiger charge is 2.27. The highest BCUT2D eigenvalue weighted by atomic mass is 16.5. The van der Waals surface area contributed by atoms with E-state index in [-0.39, 0.29) is 12.8 Å². The average molecular weight is 423 g/mol. The Morgan fingerprint density at radius 2 is 1.70 bits per heavy atom. The summed E-state index contributed by atoms with van der Waals surface area (Å²) in [6.45, 7) is 4.40. The maximum absolute atomic E-state index is 12.4. The van der Waals surface area contributed by atoms with E-state index in [1.807, 2.05) is 0 Å². The highest BCUT2D eigenvalue weighted by Crippen LogP contribution is 2.18. The number of methoxy groups -OCH3 is 1.